The van der Waals surface area contributed by atoms with Gasteiger partial charge in [0.2, 0.25) is 5.95 Å². The molecule has 3 aromatic rings. The Kier molecular flexibility index (Phi) is 10.6. The minimum Gasteiger partial charge on any atom is -0.464 e. The number of ether oxygens (including phenoxy) is 2. The number of benzene rings is 1. The molecule has 0 saturated carbocycles. The third-order valence-corrected chi connectivity index (χ3v) is 7.95. The minimum atomic E-state index is -1.42. The zero-order valence-corrected chi connectivity index (χ0v) is 24.2. The van der Waals surface area contributed by atoms with Gasteiger partial charge in [0.05, 0.1) is 12.0 Å². The first-order chi connectivity index (χ1) is 19.0. The monoisotopic (exact) mass is 570 g/mol. The van der Waals surface area contributed by atoms with Gasteiger partial charge in [0.25, 0.3) is 11.5 Å². The van der Waals surface area contributed by atoms with Crippen LogP contribution in [0.1, 0.15) is 34.3 Å². The molecular formula is C27H38N6O6Si. The molecule has 0 aliphatic rings. The van der Waals surface area contributed by atoms with Crippen LogP contribution in [-0.4, -0.2) is 66.7 Å². The Morgan fingerprint density at radius 1 is 1.07 bits per heavy atom. The van der Waals surface area contributed by atoms with Crippen molar-refractivity contribution in [3.05, 3.63) is 57.5 Å². The van der Waals surface area contributed by atoms with E-state index in [1.165, 1.54) is 0 Å². The Bertz CT molecular complexity index is 1380. The van der Waals surface area contributed by atoms with Crippen LogP contribution in [0.5, 0.6) is 0 Å². The van der Waals surface area contributed by atoms with E-state index in [9.17, 15) is 19.2 Å². The third-order valence-electron chi connectivity index (χ3n) is 6.25. The molecule has 0 bridgehead atoms. The van der Waals surface area contributed by atoms with Crippen LogP contribution in [0.2, 0.25) is 25.7 Å². The lowest BCUT2D eigenvalue weighted by Gasteiger charge is -2.20. The smallest absolute Gasteiger partial charge is 0.328 e. The molecule has 2 aromatic heterocycles. The molecule has 0 aliphatic carbocycles. The molecule has 1 amide bonds. The average molecular weight is 571 g/mol. The number of nitrogen functional groups attached to an aromatic ring is 1. The standard InChI is InChI=1S/C27H38N6O6Si/c1-40(2,3)15-14-39-26(37)20(10-11-21(34)38-13-12-28)31-24(35)18-7-4-17(5-8-18)6-9-19-16-30-23-22(19)25(36)33-27(29)32-23/h4-5,7-8,16,20H,6,9-15,28H2,1-3H3,(H,31,35)(H4,29,30,32,33,36)/t20-/m1/s1. The second kappa shape index (κ2) is 13.9. The van der Waals surface area contributed by atoms with Gasteiger partial charge in [-0.25, -0.2) is 4.79 Å². The maximum absolute atomic E-state index is 13.0. The number of carbonyl (C=O) groups excluding carboxylic acids is 3. The molecule has 1 atom stereocenters. The van der Waals surface area contributed by atoms with Crippen LogP contribution in [-0.2, 0) is 31.9 Å². The number of aryl methyl sites for hydroxylation is 2. The number of anilines is 1. The second-order valence-corrected chi connectivity index (χ2v) is 16.4. The van der Waals surface area contributed by atoms with Crippen LogP contribution < -0.4 is 22.3 Å². The van der Waals surface area contributed by atoms with E-state index < -0.39 is 32.0 Å². The molecule has 3 rings (SSSR count). The molecular weight excluding hydrogens is 532 g/mol. The Labute approximate surface area is 233 Å². The lowest BCUT2D eigenvalue weighted by molar-refractivity contribution is -0.147. The van der Waals surface area contributed by atoms with E-state index in [0.717, 1.165) is 17.2 Å². The van der Waals surface area contributed by atoms with Crippen molar-refractivity contribution in [3.8, 4) is 0 Å². The minimum absolute atomic E-state index is 0.0449. The van der Waals surface area contributed by atoms with E-state index in [2.05, 4.69) is 39.9 Å². The molecule has 40 heavy (non-hydrogen) atoms. The fraction of sp³-hybridized carbons (Fsp3) is 0.444. The number of H-pyrrole nitrogens is 2. The number of nitrogens with one attached hydrogen (secondary N) is 3. The number of fused-ring (bicyclic) bond motifs is 1. The highest BCUT2D eigenvalue weighted by Gasteiger charge is 2.25. The van der Waals surface area contributed by atoms with Crippen molar-refractivity contribution in [2.75, 3.05) is 25.5 Å². The second-order valence-electron chi connectivity index (χ2n) is 10.7. The van der Waals surface area contributed by atoms with Gasteiger partial charge < -0.3 is 31.2 Å². The summed E-state index contributed by atoms with van der Waals surface area (Å²) in [4.78, 5) is 59.6. The van der Waals surface area contributed by atoms with E-state index >= 15 is 0 Å². The first kappa shape index (κ1) is 30.6. The Balaban J connectivity index is 1.62. The highest BCUT2D eigenvalue weighted by Crippen LogP contribution is 2.16. The molecule has 0 fully saturated rings. The number of esters is 2. The molecule has 2 heterocycles. The van der Waals surface area contributed by atoms with Crippen molar-refractivity contribution >= 4 is 42.9 Å². The normalized spacial score (nSPS) is 12.2. The van der Waals surface area contributed by atoms with Crippen LogP contribution in [0.15, 0.2) is 35.3 Å². The number of carbonyl (C=O) groups is 3. The van der Waals surface area contributed by atoms with Crippen LogP contribution in [0.3, 0.4) is 0 Å². The quantitative estimate of drug-likeness (QED) is 0.142. The maximum atomic E-state index is 13.0. The Morgan fingerprint density at radius 2 is 1.80 bits per heavy atom. The SMILES string of the molecule is C[Si](C)(C)CCOC(=O)[C@@H](CCC(=O)OCCN)NC(=O)c1ccc(CCc2c[nH]c3nc(N)[nH]c(=O)c23)cc1. The predicted octanol–water partition coefficient (Wildman–Crippen LogP) is 1.88. The summed E-state index contributed by atoms with van der Waals surface area (Å²) in [5.74, 6) is -1.49. The predicted molar refractivity (Wildman–Crippen MR) is 155 cm³/mol. The van der Waals surface area contributed by atoms with E-state index in [1.807, 2.05) is 12.1 Å². The fourth-order valence-corrected chi connectivity index (χ4v) is 4.69. The number of hydrogen-bond donors (Lipinski definition) is 5. The first-order valence-corrected chi connectivity index (χ1v) is 17.0. The van der Waals surface area contributed by atoms with Crippen LogP contribution in [0.25, 0.3) is 11.0 Å². The van der Waals surface area contributed by atoms with Gasteiger partial charge in [-0.05, 0) is 48.6 Å². The number of rotatable bonds is 14. The molecule has 216 valence electrons. The summed E-state index contributed by atoms with van der Waals surface area (Å²) in [5, 5.41) is 3.17. The van der Waals surface area contributed by atoms with Gasteiger partial charge in [0.1, 0.15) is 18.3 Å². The van der Waals surface area contributed by atoms with Gasteiger partial charge in [-0.3, -0.25) is 19.4 Å². The number of nitrogens with two attached hydrogens (primary N) is 2. The Morgan fingerprint density at radius 3 is 2.48 bits per heavy atom. The number of aromatic amines is 2. The molecule has 12 nitrogen and oxygen atoms in total. The molecule has 0 saturated heterocycles. The number of nitrogens with zero attached hydrogens (tertiary/aromatic N) is 1. The van der Waals surface area contributed by atoms with Crippen molar-refractivity contribution in [2.45, 2.75) is 57.4 Å². The summed E-state index contributed by atoms with van der Waals surface area (Å²) in [6, 6.07) is 6.75. The third kappa shape index (κ3) is 9.05. The summed E-state index contributed by atoms with van der Waals surface area (Å²) in [6.07, 6.45) is 2.92. The number of aromatic nitrogens is 3. The summed E-state index contributed by atoms with van der Waals surface area (Å²) >= 11 is 0. The van der Waals surface area contributed by atoms with Crippen molar-refractivity contribution in [3.63, 3.8) is 0 Å². The van der Waals surface area contributed by atoms with Gasteiger partial charge in [-0.15, -0.1) is 0 Å². The number of hydrogen-bond acceptors (Lipinski definition) is 9. The fourth-order valence-electron chi connectivity index (χ4n) is 3.98. The van der Waals surface area contributed by atoms with E-state index in [-0.39, 0.29) is 44.1 Å². The van der Waals surface area contributed by atoms with Crippen molar-refractivity contribution < 1.29 is 23.9 Å². The average Bonchev–Trinajstić information content (AvgIpc) is 3.31. The summed E-state index contributed by atoms with van der Waals surface area (Å²) in [7, 11) is -1.42. The van der Waals surface area contributed by atoms with E-state index in [1.54, 1.807) is 18.3 Å². The largest absolute Gasteiger partial charge is 0.464 e. The molecule has 0 spiro atoms. The highest BCUT2D eigenvalue weighted by atomic mass is 28.3. The molecule has 0 unspecified atom stereocenters. The van der Waals surface area contributed by atoms with Gasteiger partial charge in [-0.1, -0.05) is 31.8 Å². The Hall–Kier alpha value is -3.97. The summed E-state index contributed by atoms with van der Waals surface area (Å²) in [6.45, 7) is 7.07. The zero-order chi connectivity index (χ0) is 29.3. The molecule has 1 aromatic carbocycles. The molecule has 13 heteroatoms. The summed E-state index contributed by atoms with van der Waals surface area (Å²) < 4.78 is 10.4. The highest BCUT2D eigenvalue weighted by molar-refractivity contribution is 6.76. The van der Waals surface area contributed by atoms with Gasteiger partial charge in [0, 0.05) is 32.8 Å². The number of amides is 1. The lowest BCUT2D eigenvalue weighted by atomic mass is 10.0. The lowest BCUT2D eigenvalue weighted by Crippen LogP contribution is -2.42. The van der Waals surface area contributed by atoms with Gasteiger partial charge in [-0.2, -0.15) is 4.98 Å². The molecule has 0 aliphatic heterocycles. The van der Waals surface area contributed by atoms with E-state index in [4.69, 9.17) is 20.9 Å². The first-order valence-electron chi connectivity index (χ1n) is 13.2. The van der Waals surface area contributed by atoms with Crippen LogP contribution >= 0.6 is 0 Å². The zero-order valence-electron chi connectivity index (χ0n) is 23.2. The van der Waals surface area contributed by atoms with Crippen LogP contribution in [0, 0.1) is 0 Å². The molecule has 7 N–H and O–H groups in total. The van der Waals surface area contributed by atoms with Crippen molar-refractivity contribution in [1.82, 2.24) is 20.3 Å². The topological polar surface area (TPSA) is 195 Å². The summed E-state index contributed by atoms with van der Waals surface area (Å²) in [5.41, 5.74) is 13.2. The van der Waals surface area contributed by atoms with Crippen LogP contribution in [0.4, 0.5) is 5.95 Å². The van der Waals surface area contributed by atoms with Gasteiger partial charge >= 0.3 is 11.9 Å². The van der Waals surface area contributed by atoms with Crippen molar-refractivity contribution in [1.29, 1.82) is 0 Å². The van der Waals surface area contributed by atoms with Gasteiger partial charge in [0.15, 0.2) is 0 Å². The van der Waals surface area contributed by atoms with Crippen molar-refractivity contribution in [2.24, 2.45) is 5.73 Å². The van der Waals surface area contributed by atoms with E-state index in [0.29, 0.717) is 29.4 Å². The molecule has 0 radical (unpaired) electrons. The maximum Gasteiger partial charge on any atom is 0.328 e.